The summed E-state index contributed by atoms with van der Waals surface area (Å²) in [6, 6.07) is 5.22. The Morgan fingerprint density at radius 1 is 1.17 bits per heavy atom. The highest BCUT2D eigenvalue weighted by atomic mass is 16.5. The van der Waals surface area contributed by atoms with Gasteiger partial charge in [-0.15, -0.1) is 0 Å². The van der Waals surface area contributed by atoms with Crippen molar-refractivity contribution in [3.05, 3.63) is 64.8 Å². The van der Waals surface area contributed by atoms with Gasteiger partial charge in [-0.2, -0.15) is 0 Å². The summed E-state index contributed by atoms with van der Waals surface area (Å²) in [7, 11) is 0. The van der Waals surface area contributed by atoms with Gasteiger partial charge in [-0.3, -0.25) is 4.79 Å². The molecule has 0 spiro atoms. The van der Waals surface area contributed by atoms with E-state index in [0.717, 1.165) is 18.1 Å². The second kappa shape index (κ2) is 10.9. The number of carbonyl (C=O) groups is 1. The summed E-state index contributed by atoms with van der Waals surface area (Å²) in [6.45, 7) is 12.1. The first-order chi connectivity index (χ1) is 16.5. The van der Waals surface area contributed by atoms with E-state index in [1.54, 1.807) is 6.92 Å². The second-order valence-corrected chi connectivity index (χ2v) is 9.20. The van der Waals surface area contributed by atoms with Crippen LogP contribution in [0.5, 0.6) is 28.7 Å². The predicted octanol–water partition coefficient (Wildman–Crippen LogP) is 5.36. The Bertz CT molecular complexity index is 1140. The van der Waals surface area contributed by atoms with Crippen LogP contribution in [0.15, 0.2) is 48.1 Å². The number of aromatic hydroxyl groups is 3. The fourth-order valence-corrected chi connectivity index (χ4v) is 4.28. The number of phenolic OH excluding ortho intramolecular Hbond substituents is 3. The molecule has 2 aromatic carbocycles. The molecule has 0 radical (unpaired) electrons. The van der Waals surface area contributed by atoms with Gasteiger partial charge in [0.2, 0.25) is 5.78 Å². The molecule has 3 atom stereocenters. The van der Waals surface area contributed by atoms with Crippen LogP contribution in [0.2, 0.25) is 0 Å². The fourth-order valence-electron chi connectivity index (χ4n) is 4.28. The van der Waals surface area contributed by atoms with Crippen LogP contribution in [0, 0.1) is 5.92 Å². The summed E-state index contributed by atoms with van der Waals surface area (Å²) in [5.41, 5.74) is 2.86. The molecule has 1 aliphatic rings. The molecule has 2 aromatic rings. The number of rotatable bonds is 9. The van der Waals surface area contributed by atoms with Gasteiger partial charge in [0.25, 0.3) is 0 Å². The molecule has 35 heavy (non-hydrogen) atoms. The molecule has 7 nitrogen and oxygen atoms in total. The maximum Gasteiger partial charge on any atom is 0.202 e. The van der Waals surface area contributed by atoms with E-state index in [0.29, 0.717) is 18.4 Å². The van der Waals surface area contributed by atoms with Crippen molar-refractivity contribution in [1.29, 1.82) is 0 Å². The van der Waals surface area contributed by atoms with Gasteiger partial charge in [-0.1, -0.05) is 23.8 Å². The van der Waals surface area contributed by atoms with Crippen LogP contribution in [-0.2, 0) is 6.42 Å². The third-order valence-electron chi connectivity index (χ3n) is 6.24. The van der Waals surface area contributed by atoms with Gasteiger partial charge in [-0.25, -0.2) is 0 Å². The monoisotopic (exact) mass is 482 g/mol. The number of ketones is 1. The largest absolute Gasteiger partial charge is 0.508 e. The molecular weight excluding hydrogens is 448 g/mol. The summed E-state index contributed by atoms with van der Waals surface area (Å²) in [4.78, 5) is 13.3. The lowest BCUT2D eigenvalue weighted by atomic mass is 9.87. The summed E-state index contributed by atoms with van der Waals surface area (Å²) >= 11 is 0. The lowest BCUT2D eigenvalue weighted by molar-refractivity contribution is 0.0196. The average molecular weight is 483 g/mol. The summed E-state index contributed by atoms with van der Waals surface area (Å²) in [5, 5.41) is 41.7. The fraction of sp³-hybridized carbons (Fsp3) is 0.393. The second-order valence-electron chi connectivity index (χ2n) is 9.20. The first-order valence-electron chi connectivity index (χ1n) is 11.8. The van der Waals surface area contributed by atoms with Crippen LogP contribution in [0.1, 0.15) is 68.1 Å². The normalized spacial score (nSPS) is 17.8. The molecule has 0 amide bonds. The van der Waals surface area contributed by atoms with Gasteiger partial charge in [-0.05, 0) is 65.0 Å². The molecule has 0 aliphatic carbocycles. The summed E-state index contributed by atoms with van der Waals surface area (Å²) < 4.78 is 11.7. The zero-order chi connectivity index (χ0) is 25.9. The Morgan fingerprint density at radius 2 is 1.89 bits per heavy atom. The topological polar surface area (TPSA) is 116 Å². The van der Waals surface area contributed by atoms with E-state index >= 15 is 0 Å². The molecule has 4 N–H and O–H groups in total. The van der Waals surface area contributed by atoms with Crippen molar-refractivity contribution in [2.45, 2.75) is 59.2 Å². The first kappa shape index (κ1) is 26.2. The molecule has 1 heterocycles. The number of fused-ring (bicyclic) bond motifs is 1. The van der Waals surface area contributed by atoms with Crippen molar-refractivity contribution in [2.24, 2.45) is 5.92 Å². The van der Waals surface area contributed by atoms with E-state index in [-0.39, 0.29) is 52.4 Å². The SMILES string of the molecule is C=C(C)[C@H](CC=C(C)C)CCc1c(O)cc(OCC)c2c1O[C@H](c1ccc(O)cc1O)[C@H](O)C2=O. The Kier molecular flexibility index (Phi) is 8.12. The highest BCUT2D eigenvalue weighted by molar-refractivity contribution is 6.06. The number of aliphatic hydroxyl groups excluding tert-OH is 1. The Morgan fingerprint density at radius 3 is 2.49 bits per heavy atom. The molecule has 1 aliphatic heterocycles. The maximum atomic E-state index is 13.3. The van der Waals surface area contributed by atoms with Crippen molar-refractivity contribution in [1.82, 2.24) is 0 Å². The summed E-state index contributed by atoms with van der Waals surface area (Å²) in [6.07, 6.45) is 1.16. The van der Waals surface area contributed by atoms with E-state index in [4.69, 9.17) is 9.47 Å². The Hall–Kier alpha value is -3.45. The molecule has 188 valence electrons. The summed E-state index contributed by atoms with van der Waals surface area (Å²) in [5.74, 6) is -0.773. The van der Waals surface area contributed by atoms with Gasteiger partial charge in [0, 0.05) is 23.3 Å². The van der Waals surface area contributed by atoms with E-state index in [9.17, 15) is 25.2 Å². The van der Waals surface area contributed by atoms with Crippen LogP contribution >= 0.6 is 0 Å². The predicted molar refractivity (Wildman–Crippen MR) is 133 cm³/mol. The van der Waals surface area contributed by atoms with Crippen molar-refractivity contribution in [2.75, 3.05) is 6.61 Å². The maximum absolute atomic E-state index is 13.3. The highest BCUT2D eigenvalue weighted by Crippen LogP contribution is 2.47. The number of hydrogen-bond acceptors (Lipinski definition) is 7. The molecule has 0 fully saturated rings. The number of Topliss-reactive ketones (excluding diaryl/α,β-unsaturated/α-hetero) is 1. The standard InChI is InChI=1S/C28H34O7/c1-6-34-23-14-22(31)19(11-9-17(16(4)5)8-7-15(2)3)27-24(23)25(32)26(33)28(35-27)20-12-10-18(29)13-21(20)30/h7,10,12-14,17,26,28-31,33H,4,6,8-9,11H2,1-3,5H3/t17-,26-,28-/m1/s1. The van der Waals surface area contributed by atoms with Crippen molar-refractivity contribution < 1.29 is 34.7 Å². The number of carbonyl (C=O) groups excluding carboxylic acids is 1. The lowest BCUT2D eigenvalue weighted by Gasteiger charge is -2.33. The van der Waals surface area contributed by atoms with Crippen molar-refractivity contribution >= 4 is 5.78 Å². The van der Waals surface area contributed by atoms with E-state index in [1.807, 2.05) is 20.8 Å². The molecule has 0 saturated carbocycles. The quantitative estimate of drug-likeness (QED) is 0.356. The number of allylic oxidation sites excluding steroid dienone is 3. The minimum absolute atomic E-state index is 0.0674. The zero-order valence-electron chi connectivity index (χ0n) is 20.7. The molecule has 0 saturated heterocycles. The number of hydrogen-bond donors (Lipinski definition) is 4. The van der Waals surface area contributed by atoms with Crippen molar-refractivity contribution in [3.63, 3.8) is 0 Å². The van der Waals surface area contributed by atoms with Crippen LogP contribution in [0.4, 0.5) is 0 Å². The third kappa shape index (κ3) is 5.62. The zero-order valence-corrected chi connectivity index (χ0v) is 20.7. The number of ether oxygens (including phenoxy) is 2. The molecule has 7 heteroatoms. The number of benzene rings is 2. The smallest absolute Gasteiger partial charge is 0.202 e. The van der Waals surface area contributed by atoms with E-state index < -0.39 is 18.0 Å². The molecule has 0 aromatic heterocycles. The van der Waals surface area contributed by atoms with Crippen LogP contribution in [0.25, 0.3) is 0 Å². The number of aliphatic hydroxyl groups is 1. The Balaban J connectivity index is 2.07. The van der Waals surface area contributed by atoms with Crippen LogP contribution in [0.3, 0.4) is 0 Å². The van der Waals surface area contributed by atoms with Gasteiger partial charge < -0.3 is 29.9 Å². The van der Waals surface area contributed by atoms with Gasteiger partial charge in [0.15, 0.2) is 12.2 Å². The van der Waals surface area contributed by atoms with Crippen molar-refractivity contribution in [3.8, 4) is 28.7 Å². The lowest BCUT2D eigenvalue weighted by Crippen LogP contribution is -2.37. The van der Waals surface area contributed by atoms with Crippen LogP contribution in [-0.4, -0.2) is 38.9 Å². The minimum Gasteiger partial charge on any atom is -0.508 e. The number of phenols is 3. The highest BCUT2D eigenvalue weighted by Gasteiger charge is 2.42. The van der Waals surface area contributed by atoms with Gasteiger partial charge in [0.05, 0.1) is 6.61 Å². The van der Waals surface area contributed by atoms with Gasteiger partial charge >= 0.3 is 0 Å². The molecule has 0 bridgehead atoms. The molecule has 3 rings (SSSR count). The average Bonchev–Trinajstić information content (AvgIpc) is 2.77. The molecule has 0 unspecified atom stereocenters. The van der Waals surface area contributed by atoms with Crippen LogP contribution < -0.4 is 9.47 Å². The Labute approximate surface area is 206 Å². The minimum atomic E-state index is -1.62. The van der Waals surface area contributed by atoms with E-state index in [1.165, 1.54) is 23.8 Å². The van der Waals surface area contributed by atoms with E-state index in [2.05, 4.69) is 12.7 Å². The first-order valence-corrected chi connectivity index (χ1v) is 11.8. The molecular formula is C28H34O7. The third-order valence-corrected chi connectivity index (χ3v) is 6.24. The van der Waals surface area contributed by atoms with Gasteiger partial charge in [0.1, 0.15) is 34.3 Å².